The topological polar surface area (TPSA) is 47.6 Å². The van der Waals surface area contributed by atoms with Crippen LogP contribution in [0.5, 0.6) is 5.75 Å². The van der Waals surface area contributed by atoms with Crippen molar-refractivity contribution in [2.45, 2.75) is 18.9 Å². The summed E-state index contributed by atoms with van der Waals surface area (Å²) in [6.07, 6.45) is 1.55. The molecule has 1 aromatic rings. The molecule has 0 saturated carbocycles. The van der Waals surface area contributed by atoms with Crippen molar-refractivity contribution in [3.8, 4) is 5.75 Å². The predicted octanol–water partition coefficient (Wildman–Crippen LogP) is 2.26. The number of carbonyl (C=O) groups excluding carboxylic acids is 1. The lowest BCUT2D eigenvalue weighted by molar-refractivity contribution is 0.121. The maximum atomic E-state index is 11.1. The Bertz CT molecular complexity index is 372. The van der Waals surface area contributed by atoms with Crippen LogP contribution in [0.3, 0.4) is 0 Å². The molecule has 1 fully saturated rings. The van der Waals surface area contributed by atoms with Gasteiger partial charge in [0.2, 0.25) is 0 Å². The highest BCUT2D eigenvalue weighted by Crippen LogP contribution is 2.30. The minimum Gasteiger partial charge on any atom is -0.437 e. The molecule has 1 aliphatic heterocycles. The van der Waals surface area contributed by atoms with Crippen LogP contribution in [0.4, 0.5) is 4.79 Å². The molecular weight excluding hydrogens is 206 g/mol. The van der Waals surface area contributed by atoms with Gasteiger partial charge in [-0.15, -0.1) is 0 Å². The molecule has 1 atom stereocenters. The number of ether oxygens (including phenoxy) is 2. The number of nitrogens with one attached hydrogen (secondary N) is 1. The molecule has 0 amide bonds. The van der Waals surface area contributed by atoms with Gasteiger partial charge in [0.05, 0.1) is 7.11 Å². The molecule has 86 valence electrons. The van der Waals surface area contributed by atoms with Crippen molar-refractivity contribution in [2.24, 2.45) is 0 Å². The van der Waals surface area contributed by atoms with Crippen LogP contribution in [0.1, 0.15) is 24.4 Å². The van der Waals surface area contributed by atoms with Crippen LogP contribution < -0.4 is 10.1 Å². The van der Waals surface area contributed by atoms with Gasteiger partial charge in [-0.2, -0.15) is 0 Å². The quantitative estimate of drug-likeness (QED) is 0.614. The van der Waals surface area contributed by atoms with E-state index in [9.17, 15) is 4.79 Å². The number of rotatable bonds is 2. The number of hydrogen-bond acceptors (Lipinski definition) is 4. The van der Waals surface area contributed by atoms with Gasteiger partial charge in [-0.05, 0) is 25.5 Å². The van der Waals surface area contributed by atoms with Gasteiger partial charge in [0.15, 0.2) is 0 Å². The van der Waals surface area contributed by atoms with Crippen LogP contribution in [-0.2, 0) is 4.74 Å². The summed E-state index contributed by atoms with van der Waals surface area (Å²) in [6, 6.07) is 7.82. The van der Waals surface area contributed by atoms with Crippen molar-refractivity contribution in [3.63, 3.8) is 0 Å². The zero-order chi connectivity index (χ0) is 11.4. The minimum atomic E-state index is -0.676. The number of benzene rings is 1. The number of para-hydroxylation sites is 1. The van der Waals surface area contributed by atoms with Gasteiger partial charge in [-0.1, -0.05) is 18.2 Å². The Morgan fingerprint density at radius 1 is 1.44 bits per heavy atom. The van der Waals surface area contributed by atoms with E-state index in [0.717, 1.165) is 24.9 Å². The zero-order valence-corrected chi connectivity index (χ0v) is 9.23. The molecule has 4 heteroatoms. The van der Waals surface area contributed by atoms with Gasteiger partial charge in [0.25, 0.3) is 0 Å². The highest BCUT2D eigenvalue weighted by Gasteiger charge is 2.20. The van der Waals surface area contributed by atoms with Crippen LogP contribution in [-0.4, -0.2) is 19.8 Å². The molecule has 1 saturated heterocycles. The van der Waals surface area contributed by atoms with Crippen molar-refractivity contribution in [2.75, 3.05) is 13.7 Å². The van der Waals surface area contributed by atoms with Crippen LogP contribution in [0.25, 0.3) is 0 Å². The molecule has 16 heavy (non-hydrogen) atoms. The summed E-state index contributed by atoms with van der Waals surface area (Å²) in [5.74, 6) is 0.578. The third-order valence-corrected chi connectivity index (χ3v) is 2.71. The lowest BCUT2D eigenvalue weighted by Gasteiger charge is -2.14. The lowest BCUT2D eigenvalue weighted by atomic mass is 10.0. The average molecular weight is 221 g/mol. The molecule has 1 aromatic carbocycles. The monoisotopic (exact) mass is 221 g/mol. The second kappa shape index (κ2) is 4.99. The third kappa shape index (κ3) is 2.33. The standard InChI is InChI=1S/C12H15NO3/c1-15-12(14)16-11-7-3-2-5-9(11)10-6-4-8-13-10/h2-3,5,7,10,13H,4,6,8H2,1H3/t10-/m1/s1. The molecule has 2 rings (SSSR count). The Kier molecular flexibility index (Phi) is 3.41. The molecule has 0 aromatic heterocycles. The van der Waals surface area contributed by atoms with Crippen LogP contribution in [0, 0.1) is 0 Å². The van der Waals surface area contributed by atoms with Gasteiger partial charge < -0.3 is 14.8 Å². The van der Waals surface area contributed by atoms with E-state index in [0.29, 0.717) is 5.75 Å². The molecule has 1 N–H and O–H groups in total. The van der Waals surface area contributed by atoms with Crippen molar-refractivity contribution in [1.29, 1.82) is 0 Å². The summed E-state index contributed by atoms with van der Waals surface area (Å²) in [6.45, 7) is 1.01. The second-order valence-corrected chi connectivity index (χ2v) is 3.74. The van der Waals surface area contributed by atoms with E-state index >= 15 is 0 Å². The lowest BCUT2D eigenvalue weighted by Crippen LogP contribution is -2.16. The summed E-state index contributed by atoms with van der Waals surface area (Å²) in [5.41, 5.74) is 1.02. The fourth-order valence-electron chi connectivity index (χ4n) is 1.94. The van der Waals surface area contributed by atoms with Crippen LogP contribution >= 0.6 is 0 Å². The van der Waals surface area contributed by atoms with E-state index in [2.05, 4.69) is 10.1 Å². The predicted molar refractivity (Wildman–Crippen MR) is 59.5 cm³/mol. The molecule has 4 nitrogen and oxygen atoms in total. The first-order valence-corrected chi connectivity index (χ1v) is 5.39. The minimum absolute atomic E-state index is 0.279. The number of hydrogen-bond donors (Lipinski definition) is 1. The highest BCUT2D eigenvalue weighted by molar-refractivity contribution is 5.64. The Hall–Kier alpha value is -1.55. The first kappa shape index (κ1) is 11.0. The first-order valence-electron chi connectivity index (χ1n) is 5.39. The summed E-state index contributed by atoms with van der Waals surface area (Å²) >= 11 is 0. The maximum absolute atomic E-state index is 11.1. The van der Waals surface area contributed by atoms with E-state index in [1.54, 1.807) is 6.07 Å². The number of methoxy groups -OCH3 is 1. The summed E-state index contributed by atoms with van der Waals surface area (Å²) in [7, 11) is 1.30. The molecule has 1 heterocycles. The molecule has 1 aliphatic rings. The van der Waals surface area contributed by atoms with E-state index < -0.39 is 6.16 Å². The summed E-state index contributed by atoms with van der Waals surface area (Å²) in [4.78, 5) is 11.1. The van der Waals surface area contributed by atoms with Crippen molar-refractivity contribution in [3.05, 3.63) is 29.8 Å². The Morgan fingerprint density at radius 2 is 2.25 bits per heavy atom. The van der Waals surface area contributed by atoms with Gasteiger partial charge >= 0.3 is 6.16 Å². The zero-order valence-electron chi connectivity index (χ0n) is 9.23. The Morgan fingerprint density at radius 3 is 2.94 bits per heavy atom. The average Bonchev–Trinajstić information content (AvgIpc) is 2.83. The molecule has 0 aliphatic carbocycles. The second-order valence-electron chi connectivity index (χ2n) is 3.74. The smallest absolute Gasteiger partial charge is 0.437 e. The summed E-state index contributed by atoms with van der Waals surface area (Å²) < 4.78 is 9.60. The maximum Gasteiger partial charge on any atom is 0.513 e. The van der Waals surface area contributed by atoms with Crippen LogP contribution in [0.2, 0.25) is 0 Å². The fraction of sp³-hybridized carbons (Fsp3) is 0.417. The Balaban J connectivity index is 2.19. The number of carbonyl (C=O) groups is 1. The fourth-order valence-corrected chi connectivity index (χ4v) is 1.94. The SMILES string of the molecule is COC(=O)Oc1ccccc1[C@H]1CCCN1. The third-order valence-electron chi connectivity index (χ3n) is 2.71. The van der Waals surface area contributed by atoms with Crippen molar-refractivity contribution >= 4 is 6.16 Å². The van der Waals surface area contributed by atoms with E-state index in [1.165, 1.54) is 7.11 Å². The van der Waals surface area contributed by atoms with Crippen LogP contribution in [0.15, 0.2) is 24.3 Å². The van der Waals surface area contributed by atoms with Gasteiger partial charge in [-0.3, -0.25) is 0 Å². The molecular formula is C12H15NO3. The van der Waals surface area contributed by atoms with Gasteiger partial charge in [0, 0.05) is 11.6 Å². The van der Waals surface area contributed by atoms with Gasteiger partial charge in [0.1, 0.15) is 5.75 Å². The van der Waals surface area contributed by atoms with E-state index in [4.69, 9.17) is 4.74 Å². The van der Waals surface area contributed by atoms with Crippen molar-refractivity contribution < 1.29 is 14.3 Å². The molecule has 0 spiro atoms. The van der Waals surface area contributed by atoms with Crippen molar-refractivity contribution in [1.82, 2.24) is 5.32 Å². The molecule has 0 unspecified atom stereocenters. The normalized spacial score (nSPS) is 19.4. The van der Waals surface area contributed by atoms with E-state index in [-0.39, 0.29) is 6.04 Å². The van der Waals surface area contributed by atoms with E-state index in [1.807, 2.05) is 18.2 Å². The Labute approximate surface area is 94.6 Å². The molecule has 0 radical (unpaired) electrons. The van der Waals surface area contributed by atoms with Gasteiger partial charge in [-0.25, -0.2) is 4.79 Å². The first-order chi connectivity index (χ1) is 7.81. The molecule has 0 bridgehead atoms. The highest BCUT2D eigenvalue weighted by atomic mass is 16.7. The summed E-state index contributed by atoms with van der Waals surface area (Å²) in [5, 5.41) is 3.37. The largest absolute Gasteiger partial charge is 0.513 e.